The summed E-state index contributed by atoms with van der Waals surface area (Å²) in [5.74, 6) is 2.00. The van der Waals surface area contributed by atoms with Crippen LogP contribution < -0.4 is 10.1 Å². The highest BCUT2D eigenvalue weighted by molar-refractivity contribution is 7.99. The summed E-state index contributed by atoms with van der Waals surface area (Å²) in [7, 11) is 0. The van der Waals surface area contributed by atoms with Gasteiger partial charge in [-0.2, -0.15) is 0 Å². The van der Waals surface area contributed by atoms with Crippen LogP contribution in [0.2, 0.25) is 5.02 Å². The van der Waals surface area contributed by atoms with E-state index < -0.39 is 0 Å². The summed E-state index contributed by atoms with van der Waals surface area (Å²) in [4.78, 5) is 1.26. The highest BCUT2D eigenvalue weighted by Gasteiger charge is 1.95. The van der Waals surface area contributed by atoms with Crippen LogP contribution in [0.25, 0.3) is 0 Å². The van der Waals surface area contributed by atoms with Crippen LogP contribution in [0.4, 0.5) is 0 Å². The van der Waals surface area contributed by atoms with Crippen LogP contribution in [-0.4, -0.2) is 25.4 Å². The predicted octanol–water partition coefficient (Wildman–Crippen LogP) is 4.49. The fraction of sp³-hybridized carbons (Fsp3) is 0.294. The smallest absolute Gasteiger partial charge is 0.119 e. The molecule has 2 aromatic carbocycles. The van der Waals surface area contributed by atoms with E-state index in [2.05, 4.69) is 17.4 Å². The summed E-state index contributed by atoms with van der Waals surface area (Å²) < 4.78 is 5.64. The van der Waals surface area contributed by atoms with Crippen LogP contribution in [0.3, 0.4) is 0 Å². The Morgan fingerprint density at radius 1 is 0.952 bits per heavy atom. The molecule has 0 saturated carbocycles. The Labute approximate surface area is 135 Å². The van der Waals surface area contributed by atoms with Crippen LogP contribution in [-0.2, 0) is 0 Å². The number of rotatable bonds is 9. The molecule has 0 aliphatic rings. The van der Waals surface area contributed by atoms with E-state index in [0.29, 0.717) is 0 Å². The summed E-state index contributed by atoms with van der Waals surface area (Å²) in [6.07, 6.45) is 1.01. The Morgan fingerprint density at radius 2 is 1.71 bits per heavy atom. The molecule has 21 heavy (non-hydrogen) atoms. The van der Waals surface area contributed by atoms with Crippen molar-refractivity contribution in [3.8, 4) is 5.75 Å². The van der Waals surface area contributed by atoms with Crippen LogP contribution in [0.5, 0.6) is 5.75 Å². The van der Waals surface area contributed by atoms with Crippen molar-refractivity contribution < 1.29 is 4.74 Å². The average molecular weight is 322 g/mol. The van der Waals surface area contributed by atoms with Crippen molar-refractivity contribution in [2.75, 3.05) is 25.4 Å². The zero-order valence-corrected chi connectivity index (χ0v) is 13.5. The largest absolute Gasteiger partial charge is 0.494 e. The fourth-order valence-electron chi connectivity index (χ4n) is 1.80. The molecule has 2 nitrogen and oxygen atoms in total. The third-order valence-electron chi connectivity index (χ3n) is 2.87. The lowest BCUT2D eigenvalue weighted by Gasteiger charge is -2.07. The quantitative estimate of drug-likeness (QED) is 0.543. The highest BCUT2D eigenvalue weighted by atomic mass is 35.5. The molecule has 0 bridgehead atoms. The van der Waals surface area contributed by atoms with Crippen LogP contribution in [0.15, 0.2) is 59.5 Å². The number of nitrogens with one attached hydrogen (secondary N) is 1. The van der Waals surface area contributed by atoms with E-state index in [1.54, 1.807) is 0 Å². The van der Waals surface area contributed by atoms with Crippen molar-refractivity contribution in [1.29, 1.82) is 0 Å². The summed E-state index contributed by atoms with van der Waals surface area (Å²) >= 11 is 7.69. The van der Waals surface area contributed by atoms with Crippen LogP contribution in [0, 0.1) is 0 Å². The van der Waals surface area contributed by atoms with E-state index in [1.807, 2.05) is 54.2 Å². The van der Waals surface area contributed by atoms with E-state index in [1.165, 1.54) is 4.90 Å². The standard InChI is InChI=1S/C17H20ClNOS/c18-15-7-9-17(10-8-15)21-14-12-19-11-4-13-20-16-5-2-1-3-6-16/h1-3,5-10,19H,4,11-14H2. The first-order chi connectivity index (χ1) is 10.3. The van der Waals surface area contributed by atoms with Gasteiger partial charge in [0.15, 0.2) is 0 Å². The molecule has 0 aliphatic heterocycles. The number of ether oxygens (including phenoxy) is 1. The zero-order chi connectivity index (χ0) is 14.8. The molecule has 0 atom stereocenters. The van der Waals surface area contributed by atoms with Gasteiger partial charge in [-0.15, -0.1) is 11.8 Å². The third kappa shape index (κ3) is 6.89. The average Bonchev–Trinajstić information content (AvgIpc) is 2.53. The molecule has 0 radical (unpaired) electrons. The SMILES string of the molecule is Clc1ccc(SCCNCCCOc2ccccc2)cc1. The van der Waals surface area contributed by atoms with Gasteiger partial charge in [0.2, 0.25) is 0 Å². The van der Waals surface area contributed by atoms with Crippen molar-refractivity contribution in [1.82, 2.24) is 5.32 Å². The first-order valence-electron chi connectivity index (χ1n) is 7.11. The summed E-state index contributed by atoms with van der Waals surface area (Å²) in [5, 5.41) is 4.21. The molecule has 0 unspecified atom stereocenters. The molecule has 0 aliphatic carbocycles. The van der Waals surface area contributed by atoms with Gasteiger partial charge in [0.05, 0.1) is 6.61 Å². The van der Waals surface area contributed by atoms with Crippen LogP contribution >= 0.6 is 23.4 Å². The Kier molecular flexibility index (Phi) is 7.50. The van der Waals surface area contributed by atoms with Gasteiger partial charge >= 0.3 is 0 Å². The van der Waals surface area contributed by atoms with Gasteiger partial charge in [-0.25, -0.2) is 0 Å². The van der Waals surface area contributed by atoms with Gasteiger partial charge in [0.1, 0.15) is 5.75 Å². The maximum absolute atomic E-state index is 5.85. The molecule has 4 heteroatoms. The van der Waals surface area contributed by atoms with Crippen molar-refractivity contribution in [3.05, 3.63) is 59.6 Å². The number of hydrogen-bond donors (Lipinski definition) is 1. The normalized spacial score (nSPS) is 10.5. The van der Waals surface area contributed by atoms with Crippen molar-refractivity contribution in [2.24, 2.45) is 0 Å². The molecule has 0 aromatic heterocycles. The number of halogens is 1. The third-order valence-corrected chi connectivity index (χ3v) is 4.14. The topological polar surface area (TPSA) is 21.3 Å². The van der Waals surface area contributed by atoms with Crippen molar-refractivity contribution >= 4 is 23.4 Å². The molecule has 112 valence electrons. The fourth-order valence-corrected chi connectivity index (χ4v) is 2.74. The van der Waals surface area contributed by atoms with Gasteiger partial charge in [0, 0.05) is 22.2 Å². The van der Waals surface area contributed by atoms with E-state index in [9.17, 15) is 0 Å². The molecule has 0 fully saturated rings. The molecule has 0 amide bonds. The predicted molar refractivity (Wildman–Crippen MR) is 91.6 cm³/mol. The molecule has 0 saturated heterocycles. The van der Waals surface area contributed by atoms with Crippen LogP contribution in [0.1, 0.15) is 6.42 Å². The maximum atomic E-state index is 5.85. The minimum atomic E-state index is 0.751. The molecule has 1 N–H and O–H groups in total. The van der Waals surface area contributed by atoms with Gasteiger partial charge in [0.25, 0.3) is 0 Å². The van der Waals surface area contributed by atoms with Crippen molar-refractivity contribution in [3.63, 3.8) is 0 Å². The summed E-state index contributed by atoms with van der Waals surface area (Å²) in [5.41, 5.74) is 0. The minimum absolute atomic E-state index is 0.751. The molecule has 2 rings (SSSR count). The first-order valence-corrected chi connectivity index (χ1v) is 8.48. The number of para-hydroxylation sites is 1. The summed E-state index contributed by atoms with van der Waals surface area (Å²) in [6.45, 7) is 2.73. The summed E-state index contributed by atoms with van der Waals surface area (Å²) in [6, 6.07) is 17.9. The lowest BCUT2D eigenvalue weighted by Crippen LogP contribution is -2.20. The minimum Gasteiger partial charge on any atom is -0.494 e. The second kappa shape index (κ2) is 9.72. The molecular weight excluding hydrogens is 302 g/mol. The van der Waals surface area contributed by atoms with Gasteiger partial charge in [-0.1, -0.05) is 29.8 Å². The molecule has 0 spiro atoms. The Balaban J connectivity index is 1.46. The second-order valence-electron chi connectivity index (χ2n) is 4.57. The number of benzene rings is 2. The molecule has 2 aromatic rings. The number of hydrogen-bond acceptors (Lipinski definition) is 3. The van der Waals surface area contributed by atoms with Gasteiger partial charge in [-0.3, -0.25) is 0 Å². The maximum Gasteiger partial charge on any atom is 0.119 e. The van der Waals surface area contributed by atoms with E-state index in [4.69, 9.17) is 16.3 Å². The Hall–Kier alpha value is -1.16. The van der Waals surface area contributed by atoms with E-state index >= 15 is 0 Å². The Bertz CT molecular complexity index is 504. The Morgan fingerprint density at radius 3 is 2.48 bits per heavy atom. The highest BCUT2D eigenvalue weighted by Crippen LogP contribution is 2.19. The first kappa shape index (κ1) is 16.2. The van der Waals surface area contributed by atoms with E-state index in [0.717, 1.165) is 42.6 Å². The molecular formula is C17H20ClNOS. The van der Waals surface area contributed by atoms with Gasteiger partial charge < -0.3 is 10.1 Å². The lowest BCUT2D eigenvalue weighted by atomic mass is 10.3. The van der Waals surface area contributed by atoms with E-state index in [-0.39, 0.29) is 0 Å². The van der Waals surface area contributed by atoms with Gasteiger partial charge in [-0.05, 0) is 49.4 Å². The monoisotopic (exact) mass is 321 g/mol. The molecule has 0 heterocycles. The van der Waals surface area contributed by atoms with Crippen molar-refractivity contribution in [2.45, 2.75) is 11.3 Å². The second-order valence-corrected chi connectivity index (χ2v) is 6.17. The zero-order valence-electron chi connectivity index (χ0n) is 11.9. The lowest BCUT2D eigenvalue weighted by molar-refractivity contribution is 0.309. The number of thioether (sulfide) groups is 1.